The fourth-order valence-corrected chi connectivity index (χ4v) is 1.73. The number of aliphatic hydroxyl groups excluding tert-OH is 3. The van der Waals surface area contributed by atoms with E-state index in [1.165, 1.54) is 27.7 Å². The molecule has 0 radical (unpaired) electrons. The molecule has 0 saturated heterocycles. The molecule has 174 valence electrons. The van der Waals surface area contributed by atoms with Crippen LogP contribution in [0.5, 0.6) is 0 Å². The molecule has 0 bridgehead atoms. The summed E-state index contributed by atoms with van der Waals surface area (Å²) in [6, 6.07) is 0. The summed E-state index contributed by atoms with van der Waals surface area (Å²) < 4.78 is 0. The second-order valence-corrected chi connectivity index (χ2v) is 8.22. The first kappa shape index (κ1) is 32.3. The van der Waals surface area contributed by atoms with Crippen molar-refractivity contribution in [2.45, 2.75) is 89.0 Å². The van der Waals surface area contributed by atoms with Gasteiger partial charge in [0.15, 0.2) is 17.3 Å². The van der Waals surface area contributed by atoms with Crippen LogP contribution in [-0.4, -0.2) is 32.7 Å². The number of Topliss-reactive ketones (excluding diaryl/α,β-unsaturated/α-hetero) is 3. The largest absolute Gasteiger partial charge is 0.512 e. The molecule has 0 atom stereocenters. The standard InChI is InChI=1S/C12H22O2.2C6H10O2/c1-8(2)6-11(13)10(5)12(14)7-9(3)4;2*1-4(5(2)7)6(3)8/h8-9,13H,6-7H2,1-5H3;2*7H,1-3H3/b11-10-;2*5-4-. The van der Waals surface area contributed by atoms with Crippen molar-refractivity contribution in [1.29, 1.82) is 0 Å². The summed E-state index contributed by atoms with van der Waals surface area (Å²) in [4.78, 5) is 32.3. The third-order valence-electron chi connectivity index (χ3n) is 4.19. The van der Waals surface area contributed by atoms with Gasteiger partial charge in [-0.05, 0) is 60.3 Å². The summed E-state index contributed by atoms with van der Waals surface area (Å²) >= 11 is 0. The molecule has 0 aliphatic rings. The Balaban J connectivity index is -0.000000391. The lowest BCUT2D eigenvalue weighted by molar-refractivity contribution is -0.116. The fourth-order valence-electron chi connectivity index (χ4n) is 1.73. The van der Waals surface area contributed by atoms with Gasteiger partial charge in [-0.25, -0.2) is 0 Å². The number of hydrogen-bond acceptors (Lipinski definition) is 6. The van der Waals surface area contributed by atoms with E-state index in [0.29, 0.717) is 41.4 Å². The van der Waals surface area contributed by atoms with Gasteiger partial charge in [0, 0.05) is 29.6 Å². The lowest BCUT2D eigenvalue weighted by Crippen LogP contribution is -2.07. The Bertz CT molecular complexity index is 634. The van der Waals surface area contributed by atoms with Crippen molar-refractivity contribution in [2.75, 3.05) is 0 Å². The van der Waals surface area contributed by atoms with Crippen LogP contribution >= 0.6 is 0 Å². The minimum atomic E-state index is -0.0787. The van der Waals surface area contributed by atoms with Gasteiger partial charge in [0.1, 0.15) is 0 Å². The van der Waals surface area contributed by atoms with Crippen LogP contribution in [0.15, 0.2) is 34.0 Å². The van der Waals surface area contributed by atoms with Crippen LogP contribution in [-0.2, 0) is 14.4 Å². The third kappa shape index (κ3) is 17.7. The predicted molar refractivity (Wildman–Crippen MR) is 123 cm³/mol. The molecule has 6 heteroatoms. The van der Waals surface area contributed by atoms with E-state index < -0.39 is 0 Å². The second kappa shape index (κ2) is 16.4. The van der Waals surface area contributed by atoms with Crippen LogP contribution in [0.25, 0.3) is 0 Å². The molecule has 0 spiro atoms. The van der Waals surface area contributed by atoms with Crippen LogP contribution in [0.1, 0.15) is 89.0 Å². The molecule has 3 N–H and O–H groups in total. The molecule has 0 aromatic heterocycles. The van der Waals surface area contributed by atoms with E-state index >= 15 is 0 Å². The number of hydrogen-bond donors (Lipinski definition) is 3. The minimum Gasteiger partial charge on any atom is -0.512 e. The monoisotopic (exact) mass is 426 g/mol. The van der Waals surface area contributed by atoms with Crippen molar-refractivity contribution in [1.82, 2.24) is 0 Å². The summed E-state index contributed by atoms with van der Waals surface area (Å²) in [6.45, 7) is 18.8. The summed E-state index contributed by atoms with van der Waals surface area (Å²) in [5.74, 6) is 1.12. The van der Waals surface area contributed by atoms with Gasteiger partial charge in [-0.2, -0.15) is 0 Å². The molecule has 0 amide bonds. The van der Waals surface area contributed by atoms with Crippen molar-refractivity contribution >= 4 is 17.3 Å². The van der Waals surface area contributed by atoms with Crippen LogP contribution in [0.2, 0.25) is 0 Å². The fraction of sp³-hybridized carbons (Fsp3) is 0.625. The molecule has 0 aliphatic heterocycles. The maximum atomic E-state index is 11.6. The van der Waals surface area contributed by atoms with E-state index in [1.54, 1.807) is 20.8 Å². The van der Waals surface area contributed by atoms with Gasteiger partial charge in [0.05, 0.1) is 17.3 Å². The van der Waals surface area contributed by atoms with Crippen molar-refractivity contribution in [2.24, 2.45) is 11.8 Å². The Morgan fingerprint density at radius 2 is 0.867 bits per heavy atom. The highest BCUT2D eigenvalue weighted by Crippen LogP contribution is 2.15. The number of aliphatic hydroxyl groups is 3. The number of ketones is 3. The molecule has 0 saturated carbocycles. The summed E-state index contributed by atoms with van der Waals surface area (Å²) in [7, 11) is 0. The van der Waals surface area contributed by atoms with Crippen LogP contribution in [0.4, 0.5) is 0 Å². The van der Waals surface area contributed by atoms with Gasteiger partial charge < -0.3 is 15.3 Å². The van der Waals surface area contributed by atoms with E-state index in [4.69, 9.17) is 10.2 Å². The van der Waals surface area contributed by atoms with E-state index in [0.717, 1.165) is 0 Å². The van der Waals surface area contributed by atoms with Crippen molar-refractivity contribution < 1.29 is 29.7 Å². The molecule has 0 rings (SSSR count). The summed E-state index contributed by atoms with van der Waals surface area (Å²) in [5.41, 5.74) is 1.41. The molecule has 6 nitrogen and oxygen atoms in total. The van der Waals surface area contributed by atoms with Gasteiger partial charge in [0.2, 0.25) is 0 Å². The smallest absolute Gasteiger partial charge is 0.162 e. The van der Waals surface area contributed by atoms with E-state index in [-0.39, 0.29) is 34.6 Å². The highest BCUT2D eigenvalue weighted by atomic mass is 16.3. The first-order valence-electron chi connectivity index (χ1n) is 10.1. The highest BCUT2D eigenvalue weighted by molar-refractivity contribution is 5.95. The molecule has 0 aromatic rings. The van der Waals surface area contributed by atoms with Crippen LogP contribution in [0, 0.1) is 11.8 Å². The zero-order valence-electron chi connectivity index (χ0n) is 20.6. The Hall–Kier alpha value is -2.37. The van der Waals surface area contributed by atoms with Gasteiger partial charge in [-0.3, -0.25) is 14.4 Å². The number of carbonyl (C=O) groups is 3. The molecule has 0 heterocycles. The van der Waals surface area contributed by atoms with Gasteiger partial charge in [-0.15, -0.1) is 0 Å². The Morgan fingerprint density at radius 1 is 0.567 bits per heavy atom. The van der Waals surface area contributed by atoms with E-state index in [9.17, 15) is 19.5 Å². The summed E-state index contributed by atoms with van der Waals surface area (Å²) in [5, 5.41) is 26.9. The van der Waals surface area contributed by atoms with Crippen LogP contribution < -0.4 is 0 Å². The molecule has 0 unspecified atom stereocenters. The van der Waals surface area contributed by atoms with Gasteiger partial charge in [0.25, 0.3) is 0 Å². The number of rotatable bonds is 7. The second-order valence-electron chi connectivity index (χ2n) is 8.22. The average molecular weight is 427 g/mol. The number of carbonyl (C=O) groups excluding carboxylic acids is 3. The Morgan fingerprint density at radius 3 is 1.03 bits per heavy atom. The molecule has 0 aliphatic carbocycles. The zero-order valence-corrected chi connectivity index (χ0v) is 20.6. The highest BCUT2D eigenvalue weighted by Gasteiger charge is 2.12. The first-order chi connectivity index (χ1) is 13.4. The van der Waals surface area contributed by atoms with Gasteiger partial charge in [-0.1, -0.05) is 27.7 Å². The zero-order chi connectivity index (χ0) is 24.8. The Labute approximate surface area is 182 Å². The average Bonchev–Trinajstić information content (AvgIpc) is 2.58. The van der Waals surface area contributed by atoms with Crippen molar-refractivity contribution in [3.63, 3.8) is 0 Å². The van der Waals surface area contributed by atoms with Gasteiger partial charge >= 0.3 is 0 Å². The minimum absolute atomic E-state index is 0.0677. The number of allylic oxidation sites excluding steroid dienone is 6. The van der Waals surface area contributed by atoms with E-state index in [1.807, 2.05) is 27.7 Å². The Kier molecular flexibility index (Phi) is 17.7. The normalized spacial score (nSPS) is 13.1. The first-order valence-corrected chi connectivity index (χ1v) is 10.1. The quantitative estimate of drug-likeness (QED) is 0.324. The predicted octanol–water partition coefficient (Wildman–Crippen LogP) is 6.33. The van der Waals surface area contributed by atoms with Crippen LogP contribution in [0.3, 0.4) is 0 Å². The van der Waals surface area contributed by atoms with E-state index in [2.05, 4.69) is 0 Å². The summed E-state index contributed by atoms with van der Waals surface area (Å²) in [6.07, 6.45) is 1.11. The molecule has 0 aromatic carbocycles. The third-order valence-corrected chi connectivity index (χ3v) is 4.19. The van der Waals surface area contributed by atoms with Crippen molar-refractivity contribution in [3.8, 4) is 0 Å². The molecular weight excluding hydrogens is 384 g/mol. The topological polar surface area (TPSA) is 112 Å². The lowest BCUT2D eigenvalue weighted by atomic mass is 9.98. The molecular formula is C24H42O6. The lowest BCUT2D eigenvalue weighted by Gasteiger charge is -2.09. The SMILES string of the molecule is C/C(C(=O)CC(C)C)=C(/O)CC(C)C.CC(=O)/C(C)=C(/C)O.CC(=O)/C(C)=C(/C)O. The molecule has 0 fully saturated rings. The maximum absolute atomic E-state index is 11.6. The van der Waals surface area contributed by atoms with Crippen molar-refractivity contribution in [3.05, 3.63) is 34.0 Å². The molecule has 30 heavy (non-hydrogen) atoms. The maximum Gasteiger partial charge on any atom is 0.162 e.